The average Bonchev–Trinajstić information content (AvgIpc) is 2.28. The van der Waals surface area contributed by atoms with Crippen molar-refractivity contribution in [2.45, 2.75) is 13.0 Å². The number of nitrogens with two attached hydrogens (primary N) is 1. The van der Waals surface area contributed by atoms with Gasteiger partial charge in [0.05, 0.1) is 12.3 Å². The number of nitrogen functional groups attached to an aromatic ring is 1. The zero-order chi connectivity index (χ0) is 12.7. The van der Waals surface area contributed by atoms with Gasteiger partial charge in [0.2, 0.25) is 0 Å². The van der Waals surface area contributed by atoms with Gasteiger partial charge in [-0.2, -0.15) is 0 Å². The number of hydrogen-bond donors (Lipinski definition) is 1. The highest BCUT2D eigenvalue weighted by atomic mass is 16.6. The van der Waals surface area contributed by atoms with Gasteiger partial charge in [0, 0.05) is 7.11 Å². The average molecular weight is 239 g/mol. The van der Waals surface area contributed by atoms with Crippen LogP contribution in [0.3, 0.4) is 0 Å². The number of rotatable bonds is 6. The van der Waals surface area contributed by atoms with Gasteiger partial charge < -0.3 is 19.9 Å². The van der Waals surface area contributed by atoms with Crippen LogP contribution in [-0.4, -0.2) is 32.4 Å². The van der Waals surface area contributed by atoms with Crippen LogP contribution >= 0.6 is 0 Å². The van der Waals surface area contributed by atoms with E-state index >= 15 is 0 Å². The minimum absolute atomic E-state index is 0.164. The Hall–Kier alpha value is -1.75. The van der Waals surface area contributed by atoms with Crippen LogP contribution in [0.15, 0.2) is 24.3 Å². The smallest absolute Gasteiger partial charge is 0.344 e. The van der Waals surface area contributed by atoms with Crippen molar-refractivity contribution < 1.29 is 19.0 Å². The van der Waals surface area contributed by atoms with E-state index in [1.54, 1.807) is 38.3 Å². The van der Waals surface area contributed by atoms with Crippen LogP contribution in [0.5, 0.6) is 5.75 Å². The topological polar surface area (TPSA) is 70.8 Å². The molecule has 0 aliphatic heterocycles. The molecule has 1 unspecified atom stereocenters. The number of para-hydroxylation sites is 2. The number of esters is 1. The van der Waals surface area contributed by atoms with E-state index in [1.165, 1.54) is 0 Å². The lowest BCUT2D eigenvalue weighted by Gasteiger charge is -2.13. The minimum Gasteiger partial charge on any atom is -0.480 e. The summed E-state index contributed by atoms with van der Waals surface area (Å²) in [4.78, 5) is 11.4. The third-order valence-corrected chi connectivity index (χ3v) is 2.00. The Bertz CT molecular complexity index is 367. The normalized spacial score (nSPS) is 11.9. The molecule has 1 aromatic carbocycles. The maximum Gasteiger partial charge on any atom is 0.344 e. The van der Waals surface area contributed by atoms with Crippen molar-refractivity contribution in [3.8, 4) is 5.75 Å². The van der Waals surface area contributed by atoms with E-state index in [9.17, 15) is 4.79 Å². The Morgan fingerprint density at radius 3 is 2.76 bits per heavy atom. The molecule has 1 rings (SSSR count). The van der Waals surface area contributed by atoms with Gasteiger partial charge in [-0.3, -0.25) is 0 Å². The summed E-state index contributed by atoms with van der Waals surface area (Å²) in [6.07, 6.45) is -0.288. The fourth-order valence-electron chi connectivity index (χ4n) is 1.28. The lowest BCUT2D eigenvalue weighted by atomic mass is 10.3. The molecule has 0 heterocycles. The highest BCUT2D eigenvalue weighted by Crippen LogP contribution is 2.19. The van der Waals surface area contributed by atoms with Crippen LogP contribution in [0, 0.1) is 0 Å². The van der Waals surface area contributed by atoms with Crippen LogP contribution in [0.25, 0.3) is 0 Å². The van der Waals surface area contributed by atoms with Crippen LogP contribution < -0.4 is 10.5 Å². The quantitative estimate of drug-likeness (QED) is 0.597. The Morgan fingerprint density at radius 2 is 2.12 bits per heavy atom. The van der Waals surface area contributed by atoms with E-state index in [1.807, 2.05) is 0 Å². The first-order valence-corrected chi connectivity index (χ1v) is 5.29. The van der Waals surface area contributed by atoms with Gasteiger partial charge in [0.25, 0.3) is 0 Å². The number of anilines is 1. The fourth-order valence-corrected chi connectivity index (χ4v) is 1.28. The van der Waals surface area contributed by atoms with E-state index < -0.39 is 5.97 Å². The molecule has 17 heavy (non-hydrogen) atoms. The predicted octanol–water partition coefficient (Wildman–Crippen LogP) is 1.23. The first kappa shape index (κ1) is 13.3. The zero-order valence-corrected chi connectivity index (χ0v) is 10.0. The maximum absolute atomic E-state index is 11.4. The largest absolute Gasteiger partial charge is 0.480 e. The Kier molecular flexibility index (Phi) is 5.29. The summed E-state index contributed by atoms with van der Waals surface area (Å²) < 4.78 is 15.1. The molecule has 0 saturated heterocycles. The summed E-state index contributed by atoms with van der Waals surface area (Å²) in [7, 11) is 1.55. The maximum atomic E-state index is 11.4. The summed E-state index contributed by atoms with van der Waals surface area (Å²) in [5.74, 6) is 0.0293. The molecule has 0 amide bonds. The molecule has 1 atom stereocenters. The molecular weight excluding hydrogens is 222 g/mol. The first-order chi connectivity index (χ1) is 8.13. The SMILES string of the molecule is COCC(C)OC(=O)COc1ccccc1N. The van der Waals surface area contributed by atoms with Gasteiger partial charge in [-0.25, -0.2) is 4.79 Å². The molecule has 0 aliphatic rings. The summed E-state index contributed by atoms with van der Waals surface area (Å²) >= 11 is 0. The Morgan fingerprint density at radius 1 is 1.41 bits per heavy atom. The highest BCUT2D eigenvalue weighted by molar-refractivity contribution is 5.71. The zero-order valence-electron chi connectivity index (χ0n) is 10.0. The van der Waals surface area contributed by atoms with Crippen LogP contribution in [0.2, 0.25) is 0 Å². The molecular formula is C12H17NO4. The van der Waals surface area contributed by atoms with Crippen molar-refractivity contribution in [1.29, 1.82) is 0 Å². The number of carbonyl (C=O) groups excluding carboxylic acids is 1. The molecule has 5 heteroatoms. The highest BCUT2D eigenvalue weighted by Gasteiger charge is 2.10. The van der Waals surface area contributed by atoms with E-state index in [0.717, 1.165) is 0 Å². The lowest BCUT2D eigenvalue weighted by molar-refractivity contribution is -0.152. The van der Waals surface area contributed by atoms with Crippen molar-refractivity contribution in [3.63, 3.8) is 0 Å². The summed E-state index contributed by atoms with van der Waals surface area (Å²) in [5, 5.41) is 0. The monoisotopic (exact) mass is 239 g/mol. The number of methoxy groups -OCH3 is 1. The second-order valence-electron chi connectivity index (χ2n) is 3.58. The minimum atomic E-state index is -0.446. The first-order valence-electron chi connectivity index (χ1n) is 5.29. The van der Waals surface area contributed by atoms with E-state index in [-0.39, 0.29) is 12.7 Å². The van der Waals surface area contributed by atoms with Gasteiger partial charge in [0.1, 0.15) is 11.9 Å². The van der Waals surface area contributed by atoms with Crippen molar-refractivity contribution in [2.75, 3.05) is 26.1 Å². The van der Waals surface area contributed by atoms with Gasteiger partial charge in [-0.15, -0.1) is 0 Å². The molecule has 5 nitrogen and oxygen atoms in total. The molecule has 0 spiro atoms. The Balaban J connectivity index is 2.36. The third-order valence-electron chi connectivity index (χ3n) is 2.00. The lowest BCUT2D eigenvalue weighted by Crippen LogP contribution is -2.23. The number of ether oxygens (including phenoxy) is 3. The molecule has 0 aliphatic carbocycles. The molecule has 0 bridgehead atoms. The van der Waals surface area contributed by atoms with Gasteiger partial charge in [0.15, 0.2) is 6.61 Å². The molecule has 94 valence electrons. The predicted molar refractivity (Wildman–Crippen MR) is 63.8 cm³/mol. The second-order valence-corrected chi connectivity index (χ2v) is 3.58. The number of hydrogen-bond acceptors (Lipinski definition) is 5. The standard InChI is InChI=1S/C12H17NO4/c1-9(7-15-2)17-12(14)8-16-11-6-4-3-5-10(11)13/h3-6,9H,7-8,13H2,1-2H3. The van der Waals surface area contributed by atoms with E-state index in [2.05, 4.69) is 0 Å². The Labute approximate surface area is 100 Å². The van der Waals surface area contributed by atoms with Crippen molar-refractivity contribution in [1.82, 2.24) is 0 Å². The summed E-state index contributed by atoms with van der Waals surface area (Å²) in [5.41, 5.74) is 6.15. The number of benzene rings is 1. The molecule has 0 radical (unpaired) electrons. The molecule has 0 saturated carbocycles. The van der Waals surface area contributed by atoms with Gasteiger partial charge in [-0.05, 0) is 19.1 Å². The summed E-state index contributed by atoms with van der Waals surface area (Å²) in [6, 6.07) is 6.97. The van der Waals surface area contributed by atoms with Crippen LogP contribution in [-0.2, 0) is 14.3 Å². The molecule has 1 aromatic rings. The molecule has 0 fully saturated rings. The molecule has 2 N–H and O–H groups in total. The summed E-state index contributed by atoms with van der Waals surface area (Å²) in [6.45, 7) is 1.94. The van der Waals surface area contributed by atoms with E-state index in [0.29, 0.717) is 18.0 Å². The van der Waals surface area contributed by atoms with Gasteiger partial charge in [-0.1, -0.05) is 12.1 Å². The van der Waals surface area contributed by atoms with Crippen molar-refractivity contribution in [3.05, 3.63) is 24.3 Å². The second kappa shape index (κ2) is 6.75. The van der Waals surface area contributed by atoms with Crippen molar-refractivity contribution in [2.24, 2.45) is 0 Å². The fraction of sp³-hybridized carbons (Fsp3) is 0.417. The van der Waals surface area contributed by atoms with E-state index in [4.69, 9.17) is 19.9 Å². The van der Waals surface area contributed by atoms with Gasteiger partial charge >= 0.3 is 5.97 Å². The van der Waals surface area contributed by atoms with Crippen molar-refractivity contribution >= 4 is 11.7 Å². The third kappa shape index (κ3) is 4.74. The van der Waals surface area contributed by atoms with Crippen LogP contribution in [0.1, 0.15) is 6.92 Å². The van der Waals surface area contributed by atoms with Crippen LogP contribution in [0.4, 0.5) is 5.69 Å². The number of carbonyl (C=O) groups is 1. The molecule has 0 aromatic heterocycles.